The molecule has 0 spiro atoms. The van der Waals surface area contributed by atoms with Gasteiger partial charge in [-0.1, -0.05) is 5.21 Å². The van der Waals surface area contributed by atoms with Crippen molar-refractivity contribution in [2.24, 2.45) is 5.73 Å². The lowest BCUT2D eigenvalue weighted by Gasteiger charge is -2.10. The van der Waals surface area contributed by atoms with Crippen LogP contribution in [0.1, 0.15) is 18.7 Å². The van der Waals surface area contributed by atoms with Gasteiger partial charge in [0, 0.05) is 6.04 Å². The molecule has 0 unspecified atom stereocenters. The molecule has 0 fully saturated rings. The molecular weight excluding hydrogens is 185 g/mol. The van der Waals surface area contributed by atoms with Crippen molar-refractivity contribution in [2.45, 2.75) is 25.7 Å². The van der Waals surface area contributed by atoms with E-state index in [1.165, 1.54) is 6.20 Å². The molecule has 1 rings (SSSR count). The zero-order valence-corrected chi connectivity index (χ0v) is 6.91. The molecule has 1 heterocycles. The standard InChI is InChI=1S/C6H9F3N4/c1-4(10)5-2-11-12-13(5)3-6(7,8)9/h2,4H,3,10H2,1H3/t4-/m0/s1. The van der Waals surface area contributed by atoms with Crippen molar-refractivity contribution in [2.75, 3.05) is 0 Å². The zero-order valence-electron chi connectivity index (χ0n) is 6.91. The first-order valence-corrected chi connectivity index (χ1v) is 3.61. The van der Waals surface area contributed by atoms with E-state index in [0.29, 0.717) is 0 Å². The maximum absolute atomic E-state index is 11.9. The SMILES string of the molecule is C[C@H](N)c1cnnn1CC(F)(F)F. The second-order valence-corrected chi connectivity index (χ2v) is 2.72. The first-order chi connectivity index (χ1) is 5.90. The van der Waals surface area contributed by atoms with E-state index < -0.39 is 18.8 Å². The van der Waals surface area contributed by atoms with Crippen molar-refractivity contribution in [3.8, 4) is 0 Å². The summed E-state index contributed by atoms with van der Waals surface area (Å²) in [6.07, 6.45) is -3.06. The monoisotopic (exact) mass is 194 g/mol. The topological polar surface area (TPSA) is 56.7 Å². The molecule has 0 aromatic carbocycles. The molecule has 0 radical (unpaired) electrons. The summed E-state index contributed by atoms with van der Waals surface area (Å²) in [6, 6.07) is -0.502. The lowest BCUT2D eigenvalue weighted by molar-refractivity contribution is -0.143. The molecule has 1 aromatic heterocycles. The van der Waals surface area contributed by atoms with Crippen LogP contribution in [0.5, 0.6) is 0 Å². The largest absolute Gasteiger partial charge is 0.408 e. The van der Waals surface area contributed by atoms with E-state index >= 15 is 0 Å². The van der Waals surface area contributed by atoms with Crippen molar-refractivity contribution in [3.05, 3.63) is 11.9 Å². The van der Waals surface area contributed by atoms with Gasteiger partial charge in [0.05, 0.1) is 11.9 Å². The summed E-state index contributed by atoms with van der Waals surface area (Å²) in [7, 11) is 0. The predicted molar refractivity (Wildman–Crippen MR) is 38.7 cm³/mol. The van der Waals surface area contributed by atoms with Gasteiger partial charge in [-0.3, -0.25) is 0 Å². The highest BCUT2D eigenvalue weighted by Crippen LogP contribution is 2.19. The lowest BCUT2D eigenvalue weighted by atomic mass is 10.3. The minimum Gasteiger partial charge on any atom is -0.323 e. The predicted octanol–water partition coefficient (Wildman–Crippen LogP) is 0.860. The number of rotatable bonds is 2. The highest BCUT2D eigenvalue weighted by atomic mass is 19.4. The summed E-state index contributed by atoms with van der Waals surface area (Å²) < 4.78 is 36.6. The Morgan fingerprint density at radius 1 is 1.62 bits per heavy atom. The smallest absolute Gasteiger partial charge is 0.323 e. The highest BCUT2D eigenvalue weighted by Gasteiger charge is 2.29. The number of nitrogens with two attached hydrogens (primary N) is 1. The van der Waals surface area contributed by atoms with E-state index in [4.69, 9.17) is 5.73 Å². The van der Waals surface area contributed by atoms with E-state index in [2.05, 4.69) is 10.3 Å². The molecule has 0 saturated heterocycles. The van der Waals surface area contributed by atoms with Crippen molar-refractivity contribution >= 4 is 0 Å². The van der Waals surface area contributed by atoms with Gasteiger partial charge in [0.15, 0.2) is 0 Å². The van der Waals surface area contributed by atoms with Gasteiger partial charge in [0.25, 0.3) is 0 Å². The summed E-state index contributed by atoms with van der Waals surface area (Å²) >= 11 is 0. The van der Waals surface area contributed by atoms with Crippen LogP contribution in [0.2, 0.25) is 0 Å². The minimum atomic E-state index is -4.29. The summed E-state index contributed by atoms with van der Waals surface area (Å²) in [5, 5.41) is 6.65. The van der Waals surface area contributed by atoms with Gasteiger partial charge in [-0.05, 0) is 6.92 Å². The molecule has 0 aliphatic rings. The number of alkyl halides is 3. The second-order valence-electron chi connectivity index (χ2n) is 2.72. The quantitative estimate of drug-likeness (QED) is 0.759. The van der Waals surface area contributed by atoms with Crippen LogP contribution in [0, 0.1) is 0 Å². The number of hydrogen-bond donors (Lipinski definition) is 1. The molecule has 4 nitrogen and oxygen atoms in total. The molecule has 0 aliphatic carbocycles. The summed E-state index contributed by atoms with van der Waals surface area (Å²) in [4.78, 5) is 0. The van der Waals surface area contributed by atoms with E-state index in [0.717, 1.165) is 4.68 Å². The average Bonchev–Trinajstić information content (AvgIpc) is 2.31. The van der Waals surface area contributed by atoms with Gasteiger partial charge in [0.1, 0.15) is 6.54 Å². The Balaban J connectivity index is 2.83. The maximum Gasteiger partial charge on any atom is 0.408 e. The number of halogens is 3. The molecule has 2 N–H and O–H groups in total. The number of hydrogen-bond acceptors (Lipinski definition) is 3. The lowest BCUT2D eigenvalue weighted by Crippen LogP contribution is -2.22. The molecule has 0 amide bonds. The Hall–Kier alpha value is -1.11. The Bertz CT molecular complexity index is 278. The van der Waals surface area contributed by atoms with E-state index in [-0.39, 0.29) is 5.69 Å². The van der Waals surface area contributed by atoms with E-state index in [1.54, 1.807) is 6.92 Å². The van der Waals surface area contributed by atoms with E-state index in [9.17, 15) is 13.2 Å². The Labute approximate surface area is 72.5 Å². The van der Waals surface area contributed by atoms with Crippen LogP contribution in [-0.4, -0.2) is 21.2 Å². The average molecular weight is 194 g/mol. The van der Waals surface area contributed by atoms with Crippen molar-refractivity contribution in [1.82, 2.24) is 15.0 Å². The molecule has 1 aromatic rings. The Kier molecular flexibility index (Phi) is 2.55. The van der Waals surface area contributed by atoms with E-state index in [1.807, 2.05) is 0 Å². The Morgan fingerprint density at radius 3 is 2.69 bits per heavy atom. The van der Waals surface area contributed by atoms with Gasteiger partial charge >= 0.3 is 6.18 Å². The van der Waals surface area contributed by atoms with Gasteiger partial charge in [-0.2, -0.15) is 13.2 Å². The molecule has 0 aliphatic heterocycles. The van der Waals surface area contributed by atoms with Crippen LogP contribution in [0.25, 0.3) is 0 Å². The molecule has 74 valence electrons. The summed E-state index contributed by atoms with van der Waals surface area (Å²) in [5.74, 6) is 0. The maximum atomic E-state index is 11.9. The van der Waals surface area contributed by atoms with Crippen LogP contribution in [0.15, 0.2) is 6.20 Å². The normalized spacial score (nSPS) is 14.5. The number of nitrogens with zero attached hydrogens (tertiary/aromatic N) is 3. The molecule has 0 bridgehead atoms. The third-order valence-electron chi connectivity index (χ3n) is 1.44. The fourth-order valence-electron chi connectivity index (χ4n) is 0.911. The summed E-state index contributed by atoms with van der Waals surface area (Å²) in [5.41, 5.74) is 5.68. The van der Waals surface area contributed by atoms with Crippen LogP contribution < -0.4 is 5.73 Å². The van der Waals surface area contributed by atoms with Crippen molar-refractivity contribution in [3.63, 3.8) is 0 Å². The van der Waals surface area contributed by atoms with Crippen molar-refractivity contribution in [1.29, 1.82) is 0 Å². The molecule has 0 saturated carbocycles. The van der Waals surface area contributed by atoms with Crippen LogP contribution in [0.4, 0.5) is 13.2 Å². The first-order valence-electron chi connectivity index (χ1n) is 3.61. The Morgan fingerprint density at radius 2 is 2.23 bits per heavy atom. The second kappa shape index (κ2) is 3.33. The van der Waals surface area contributed by atoms with Crippen LogP contribution in [-0.2, 0) is 6.54 Å². The third-order valence-corrected chi connectivity index (χ3v) is 1.44. The highest BCUT2D eigenvalue weighted by molar-refractivity contribution is 4.99. The van der Waals surface area contributed by atoms with Crippen molar-refractivity contribution < 1.29 is 13.2 Å². The van der Waals surface area contributed by atoms with Gasteiger partial charge < -0.3 is 5.73 Å². The van der Waals surface area contributed by atoms with Gasteiger partial charge in [-0.15, -0.1) is 5.10 Å². The van der Waals surface area contributed by atoms with Gasteiger partial charge in [-0.25, -0.2) is 4.68 Å². The third kappa shape index (κ3) is 2.69. The first kappa shape index (κ1) is 9.97. The molecule has 7 heteroatoms. The fraction of sp³-hybridized carbons (Fsp3) is 0.667. The van der Waals surface area contributed by atoms with Gasteiger partial charge in [0.2, 0.25) is 0 Å². The molecule has 13 heavy (non-hydrogen) atoms. The summed E-state index contributed by atoms with van der Waals surface area (Å²) in [6.45, 7) is 0.426. The zero-order chi connectivity index (χ0) is 10.1. The van der Waals surface area contributed by atoms with Crippen LogP contribution in [0.3, 0.4) is 0 Å². The minimum absolute atomic E-state index is 0.275. The molecular formula is C6H9F3N4. The van der Waals surface area contributed by atoms with Crippen LogP contribution >= 0.6 is 0 Å². The fourth-order valence-corrected chi connectivity index (χ4v) is 0.911. The molecule has 1 atom stereocenters. The number of aromatic nitrogens is 3.